The molecule has 0 atom stereocenters. The van der Waals surface area contributed by atoms with Crippen LogP contribution in [0.2, 0.25) is 0 Å². The zero-order valence-electron chi connectivity index (χ0n) is 11.5. The zero-order chi connectivity index (χ0) is 15.2. The fourth-order valence-electron chi connectivity index (χ4n) is 1.72. The van der Waals surface area contributed by atoms with Crippen LogP contribution < -0.4 is 14.6 Å². The maximum atomic E-state index is 11.9. The van der Waals surface area contributed by atoms with Crippen molar-refractivity contribution in [2.45, 2.75) is 13.7 Å². The van der Waals surface area contributed by atoms with Crippen LogP contribution >= 0.6 is 12.2 Å². The van der Waals surface area contributed by atoms with E-state index in [4.69, 9.17) is 22.1 Å². The Labute approximate surface area is 133 Å². The quantitative estimate of drug-likeness (QED) is 0.421. The van der Waals surface area contributed by atoms with Gasteiger partial charge in [-0.25, -0.2) is 0 Å². The van der Waals surface area contributed by atoms with Crippen molar-refractivity contribution >= 4 is 36.2 Å². The van der Waals surface area contributed by atoms with Gasteiger partial charge in [0.2, 0.25) is 0 Å². The second-order valence-corrected chi connectivity index (χ2v) is 6.91. The topological polar surface area (TPSA) is 67.2 Å². The molecule has 1 heterocycles. The van der Waals surface area contributed by atoms with Crippen molar-refractivity contribution in [1.82, 2.24) is 9.55 Å². The molecule has 0 aliphatic heterocycles. The molecule has 0 radical (unpaired) electrons. The Bertz CT molecular complexity index is 712. The molecule has 1 aromatic carbocycles. The molecule has 2 N–H and O–H groups in total. The number of hydrogen-bond acceptors (Lipinski definition) is 4. The van der Waals surface area contributed by atoms with Gasteiger partial charge in [-0.3, -0.25) is 0 Å². The summed E-state index contributed by atoms with van der Waals surface area (Å²) in [6.07, 6.45) is 0. The van der Waals surface area contributed by atoms with Crippen LogP contribution in [0.3, 0.4) is 0 Å². The van der Waals surface area contributed by atoms with E-state index in [1.54, 1.807) is 11.5 Å². The second kappa shape index (κ2) is 7.68. The van der Waals surface area contributed by atoms with E-state index >= 15 is 0 Å². The molecular formula is C14H16N2O3SSe. The summed E-state index contributed by atoms with van der Waals surface area (Å²) in [5, 5.41) is 8.80. The summed E-state index contributed by atoms with van der Waals surface area (Å²) in [4.78, 5) is 14.6. The Balaban J connectivity index is 2.41. The van der Waals surface area contributed by atoms with E-state index < -0.39 is 0 Å². The number of aromatic amines is 1. The number of hydrogen-bond donors (Lipinski definition) is 2. The molecule has 21 heavy (non-hydrogen) atoms. The van der Waals surface area contributed by atoms with Crippen LogP contribution in [-0.4, -0.2) is 42.8 Å². The van der Waals surface area contributed by atoms with Crippen molar-refractivity contribution in [1.29, 1.82) is 0 Å². The Kier molecular flexibility index (Phi) is 5.90. The van der Waals surface area contributed by atoms with Crippen molar-refractivity contribution in [3.05, 3.63) is 51.0 Å². The predicted octanol–water partition coefficient (Wildman–Crippen LogP) is -0.164. The molecule has 2 rings (SSSR count). The number of nitrogens with zero attached hydrogens (tertiary/aromatic N) is 1. The molecule has 0 aliphatic carbocycles. The molecule has 0 unspecified atom stereocenters. The van der Waals surface area contributed by atoms with Crippen LogP contribution in [0.25, 0.3) is 0 Å². The molecule has 0 fully saturated rings. The third-order valence-corrected chi connectivity index (χ3v) is 5.68. The number of rotatable bonds is 6. The van der Waals surface area contributed by atoms with E-state index in [1.165, 1.54) is 0 Å². The SMILES string of the molecule is Cc1c([Se]c2ccccc2)n(COCCO)c(=S)[nH]c1=O. The number of aliphatic hydroxyl groups excluding tert-OH is 1. The first kappa shape index (κ1) is 16.1. The van der Waals surface area contributed by atoms with Crippen LogP contribution in [0.4, 0.5) is 0 Å². The molecule has 7 heteroatoms. The number of H-pyrrole nitrogens is 1. The number of ether oxygens (including phenoxy) is 1. The van der Waals surface area contributed by atoms with Gasteiger partial charge in [0.05, 0.1) is 0 Å². The average molecular weight is 371 g/mol. The van der Waals surface area contributed by atoms with Gasteiger partial charge in [0.1, 0.15) is 0 Å². The summed E-state index contributed by atoms with van der Waals surface area (Å²) in [5.41, 5.74) is 0.492. The Morgan fingerprint density at radius 2 is 2.10 bits per heavy atom. The van der Waals surface area contributed by atoms with E-state index in [0.29, 0.717) is 10.3 Å². The van der Waals surface area contributed by atoms with Gasteiger partial charge in [0.15, 0.2) is 0 Å². The van der Waals surface area contributed by atoms with Crippen molar-refractivity contribution in [3.8, 4) is 0 Å². The Hall–Kier alpha value is -1.24. The van der Waals surface area contributed by atoms with Gasteiger partial charge in [-0.2, -0.15) is 0 Å². The molecule has 2 aromatic rings. The van der Waals surface area contributed by atoms with Gasteiger partial charge in [0, 0.05) is 0 Å². The standard InChI is InChI=1S/C14H16N2O3SSe/c1-10-12(18)15-14(20)16(9-19-8-7-17)13(10)21-11-5-3-2-4-6-11/h2-6,17H,7-9H2,1H3,(H,15,18,20). The van der Waals surface area contributed by atoms with E-state index in [1.807, 2.05) is 30.3 Å². The predicted molar refractivity (Wildman–Crippen MR) is 85.1 cm³/mol. The maximum absolute atomic E-state index is 11.9. The van der Waals surface area contributed by atoms with Crippen LogP contribution in [0.5, 0.6) is 0 Å². The minimum atomic E-state index is -0.161. The average Bonchev–Trinajstić information content (AvgIpc) is 2.49. The first-order chi connectivity index (χ1) is 10.1. The van der Waals surface area contributed by atoms with Gasteiger partial charge in [0.25, 0.3) is 0 Å². The summed E-state index contributed by atoms with van der Waals surface area (Å²) in [5.74, 6) is 0. The minimum absolute atomic E-state index is 0.0459. The number of benzene rings is 1. The summed E-state index contributed by atoms with van der Waals surface area (Å²) >= 11 is 5.18. The van der Waals surface area contributed by atoms with Crippen LogP contribution in [0.1, 0.15) is 5.56 Å². The normalized spacial score (nSPS) is 10.8. The van der Waals surface area contributed by atoms with Crippen LogP contribution in [0, 0.1) is 11.7 Å². The second-order valence-electron chi connectivity index (χ2n) is 4.29. The molecule has 0 saturated heterocycles. The van der Waals surface area contributed by atoms with E-state index in [9.17, 15) is 4.79 Å². The monoisotopic (exact) mass is 372 g/mol. The van der Waals surface area contributed by atoms with Gasteiger partial charge in [-0.05, 0) is 0 Å². The first-order valence-corrected chi connectivity index (χ1v) is 8.51. The summed E-state index contributed by atoms with van der Waals surface area (Å²) in [7, 11) is 0. The van der Waals surface area contributed by atoms with E-state index in [2.05, 4.69) is 4.98 Å². The van der Waals surface area contributed by atoms with Crippen LogP contribution in [-0.2, 0) is 11.5 Å². The van der Waals surface area contributed by atoms with Gasteiger partial charge < -0.3 is 0 Å². The number of aromatic nitrogens is 2. The van der Waals surface area contributed by atoms with Crippen LogP contribution in [0.15, 0.2) is 35.1 Å². The summed E-state index contributed by atoms with van der Waals surface area (Å²) < 4.78 is 9.53. The van der Waals surface area contributed by atoms with E-state index in [-0.39, 0.29) is 40.5 Å². The Morgan fingerprint density at radius 3 is 2.76 bits per heavy atom. The molecule has 0 saturated carbocycles. The molecule has 1 aromatic heterocycles. The van der Waals surface area contributed by atoms with Crippen molar-refractivity contribution in [2.24, 2.45) is 0 Å². The van der Waals surface area contributed by atoms with Gasteiger partial charge in [-0.1, -0.05) is 0 Å². The molecule has 112 valence electrons. The molecule has 0 aliphatic rings. The zero-order valence-corrected chi connectivity index (χ0v) is 14.1. The Morgan fingerprint density at radius 1 is 1.38 bits per heavy atom. The van der Waals surface area contributed by atoms with E-state index in [0.717, 1.165) is 9.05 Å². The third-order valence-electron chi connectivity index (χ3n) is 2.79. The van der Waals surface area contributed by atoms with Gasteiger partial charge in [-0.15, -0.1) is 0 Å². The molecule has 0 spiro atoms. The van der Waals surface area contributed by atoms with Crippen molar-refractivity contribution < 1.29 is 9.84 Å². The van der Waals surface area contributed by atoms with Gasteiger partial charge >= 0.3 is 134 Å². The first-order valence-electron chi connectivity index (χ1n) is 6.38. The van der Waals surface area contributed by atoms with Crippen molar-refractivity contribution in [3.63, 3.8) is 0 Å². The third kappa shape index (κ3) is 4.12. The fraction of sp³-hybridized carbons (Fsp3) is 0.286. The fourth-order valence-corrected chi connectivity index (χ4v) is 4.22. The number of nitrogens with one attached hydrogen (secondary N) is 1. The summed E-state index contributed by atoms with van der Waals surface area (Å²) in [6, 6.07) is 9.97. The molecular weight excluding hydrogens is 355 g/mol. The van der Waals surface area contributed by atoms with Crippen molar-refractivity contribution in [2.75, 3.05) is 13.2 Å². The number of aliphatic hydroxyl groups is 1. The molecule has 0 amide bonds. The molecule has 5 nitrogen and oxygen atoms in total. The molecule has 0 bridgehead atoms. The summed E-state index contributed by atoms with van der Waals surface area (Å²) in [6.45, 7) is 2.20.